The molecule has 3 heterocycles. The van der Waals surface area contributed by atoms with Crippen molar-refractivity contribution in [3.8, 4) is 0 Å². The number of aromatic nitrogens is 2. The third-order valence-electron chi connectivity index (χ3n) is 6.15. The predicted octanol–water partition coefficient (Wildman–Crippen LogP) is 4.07. The topological polar surface area (TPSA) is 38.1 Å². The fraction of sp³-hybridized carbons (Fsp3) is 0.524. The molecule has 25 heavy (non-hydrogen) atoms. The normalized spacial score (nSPS) is 25.4. The average molecular weight is 337 g/mol. The largest absolute Gasteiger partial charge is 0.333 e. The Labute approximate surface area is 149 Å². The number of rotatable bonds is 3. The summed E-state index contributed by atoms with van der Waals surface area (Å²) < 4.78 is 1.91. The number of piperidine rings is 1. The van der Waals surface area contributed by atoms with E-state index in [9.17, 15) is 4.79 Å². The average Bonchev–Trinajstić information content (AvgIpc) is 3.11. The fourth-order valence-electron chi connectivity index (χ4n) is 4.73. The van der Waals surface area contributed by atoms with E-state index in [0.29, 0.717) is 18.0 Å². The van der Waals surface area contributed by atoms with Crippen LogP contribution in [-0.4, -0.2) is 32.7 Å². The van der Waals surface area contributed by atoms with Gasteiger partial charge in [0, 0.05) is 24.3 Å². The number of carbonyl (C=O) groups is 1. The fourth-order valence-corrected chi connectivity index (χ4v) is 4.73. The van der Waals surface area contributed by atoms with Crippen molar-refractivity contribution in [2.75, 3.05) is 0 Å². The first-order chi connectivity index (χ1) is 12.1. The Morgan fingerprint density at radius 2 is 1.76 bits per heavy atom. The zero-order valence-electron chi connectivity index (χ0n) is 15.4. The lowest BCUT2D eigenvalue weighted by molar-refractivity contribution is 0.0570. The third kappa shape index (κ3) is 2.78. The van der Waals surface area contributed by atoms with Crippen LogP contribution in [0.2, 0.25) is 0 Å². The second-order valence-electron chi connectivity index (χ2n) is 7.64. The summed E-state index contributed by atoms with van der Waals surface area (Å²) in [7, 11) is 0. The zero-order valence-corrected chi connectivity index (χ0v) is 15.4. The minimum absolute atomic E-state index is 0.187. The van der Waals surface area contributed by atoms with Crippen LogP contribution in [0.5, 0.6) is 0 Å². The Bertz CT molecular complexity index is 763. The SMILES string of the molecule is CCn1ncc(C(=O)N2[C@H]3CC[C@H]2CC(c2ccc(C)cc2)C3)c1C. The van der Waals surface area contributed by atoms with Crippen molar-refractivity contribution in [3.63, 3.8) is 0 Å². The maximum absolute atomic E-state index is 13.2. The van der Waals surface area contributed by atoms with Crippen molar-refractivity contribution in [2.24, 2.45) is 0 Å². The van der Waals surface area contributed by atoms with E-state index < -0.39 is 0 Å². The van der Waals surface area contributed by atoms with Gasteiger partial charge in [-0.05, 0) is 57.9 Å². The molecule has 0 saturated carbocycles. The van der Waals surface area contributed by atoms with Crippen LogP contribution >= 0.6 is 0 Å². The van der Waals surface area contributed by atoms with Gasteiger partial charge in [-0.2, -0.15) is 5.10 Å². The molecule has 1 aromatic heterocycles. The lowest BCUT2D eigenvalue weighted by atomic mass is 9.84. The van der Waals surface area contributed by atoms with E-state index in [1.54, 1.807) is 6.20 Å². The molecule has 2 aliphatic heterocycles. The Balaban J connectivity index is 1.55. The number of amides is 1. The smallest absolute Gasteiger partial charge is 0.257 e. The number of fused-ring (bicyclic) bond motifs is 2. The van der Waals surface area contributed by atoms with Crippen LogP contribution in [0, 0.1) is 13.8 Å². The summed E-state index contributed by atoms with van der Waals surface area (Å²) >= 11 is 0. The Morgan fingerprint density at radius 3 is 2.32 bits per heavy atom. The van der Waals surface area contributed by atoms with Gasteiger partial charge in [0.15, 0.2) is 0 Å². The molecule has 4 rings (SSSR count). The Morgan fingerprint density at radius 1 is 1.12 bits per heavy atom. The highest BCUT2D eigenvalue weighted by Crippen LogP contribution is 2.43. The van der Waals surface area contributed by atoms with Gasteiger partial charge in [-0.3, -0.25) is 9.48 Å². The molecule has 2 aromatic rings. The molecule has 0 spiro atoms. The van der Waals surface area contributed by atoms with Crippen LogP contribution in [0.1, 0.15) is 65.7 Å². The van der Waals surface area contributed by atoms with Crippen LogP contribution in [0.3, 0.4) is 0 Å². The monoisotopic (exact) mass is 337 g/mol. The van der Waals surface area contributed by atoms with E-state index in [1.165, 1.54) is 11.1 Å². The standard InChI is InChI=1S/C21H27N3O/c1-4-23-15(3)20(13-22-23)21(25)24-18-9-10-19(24)12-17(11-18)16-7-5-14(2)6-8-16/h5-8,13,17-19H,4,9-12H2,1-3H3/t18-,19-/m0/s1. The van der Waals surface area contributed by atoms with Gasteiger partial charge >= 0.3 is 0 Å². The number of benzene rings is 1. The van der Waals surface area contributed by atoms with Crippen molar-refractivity contribution < 1.29 is 4.79 Å². The molecule has 2 aliphatic rings. The van der Waals surface area contributed by atoms with E-state index in [2.05, 4.69) is 48.1 Å². The van der Waals surface area contributed by atoms with Gasteiger partial charge in [-0.15, -0.1) is 0 Å². The number of hydrogen-bond donors (Lipinski definition) is 0. The number of hydrogen-bond acceptors (Lipinski definition) is 2. The van der Waals surface area contributed by atoms with Gasteiger partial charge in [0.2, 0.25) is 0 Å². The van der Waals surface area contributed by atoms with Crippen molar-refractivity contribution >= 4 is 5.91 Å². The highest BCUT2D eigenvalue weighted by molar-refractivity contribution is 5.95. The molecule has 2 bridgehead atoms. The van der Waals surface area contributed by atoms with Crippen LogP contribution in [-0.2, 0) is 6.54 Å². The van der Waals surface area contributed by atoms with E-state index >= 15 is 0 Å². The predicted molar refractivity (Wildman–Crippen MR) is 98.8 cm³/mol. The molecule has 132 valence electrons. The molecule has 4 nitrogen and oxygen atoms in total. The van der Waals surface area contributed by atoms with Gasteiger partial charge in [-0.1, -0.05) is 29.8 Å². The molecule has 0 aliphatic carbocycles. The Kier molecular flexibility index (Phi) is 4.14. The number of aryl methyl sites for hydroxylation is 2. The van der Waals surface area contributed by atoms with Gasteiger partial charge in [0.25, 0.3) is 5.91 Å². The van der Waals surface area contributed by atoms with Gasteiger partial charge < -0.3 is 4.90 Å². The molecule has 1 amide bonds. The lowest BCUT2D eigenvalue weighted by Gasteiger charge is -2.39. The quantitative estimate of drug-likeness (QED) is 0.847. The maximum Gasteiger partial charge on any atom is 0.257 e. The molecule has 0 N–H and O–H groups in total. The van der Waals surface area contributed by atoms with Gasteiger partial charge in [-0.25, -0.2) is 0 Å². The van der Waals surface area contributed by atoms with Gasteiger partial charge in [0.1, 0.15) is 0 Å². The molecule has 4 heteroatoms. The van der Waals surface area contributed by atoms with Crippen molar-refractivity contribution in [1.29, 1.82) is 0 Å². The van der Waals surface area contributed by atoms with Crippen LogP contribution in [0.25, 0.3) is 0 Å². The lowest BCUT2D eigenvalue weighted by Crippen LogP contribution is -2.46. The molecule has 0 unspecified atom stereocenters. The summed E-state index contributed by atoms with van der Waals surface area (Å²) in [6.45, 7) is 7.00. The molecule has 2 fully saturated rings. The molecular formula is C21H27N3O. The van der Waals surface area contributed by atoms with Crippen molar-refractivity contribution in [1.82, 2.24) is 14.7 Å². The minimum Gasteiger partial charge on any atom is -0.333 e. The highest BCUT2D eigenvalue weighted by atomic mass is 16.2. The van der Waals surface area contributed by atoms with Crippen LogP contribution in [0.4, 0.5) is 0 Å². The summed E-state index contributed by atoms with van der Waals surface area (Å²) in [5.41, 5.74) is 4.52. The molecule has 1 aromatic carbocycles. The summed E-state index contributed by atoms with van der Waals surface area (Å²) in [4.78, 5) is 15.3. The molecule has 2 atom stereocenters. The molecule has 2 saturated heterocycles. The summed E-state index contributed by atoms with van der Waals surface area (Å²) in [5.74, 6) is 0.772. The first kappa shape index (κ1) is 16.4. The molecule has 0 radical (unpaired) electrons. The van der Waals surface area contributed by atoms with E-state index in [-0.39, 0.29) is 5.91 Å². The maximum atomic E-state index is 13.2. The summed E-state index contributed by atoms with van der Waals surface area (Å²) in [6.07, 6.45) is 6.21. The van der Waals surface area contributed by atoms with Crippen LogP contribution < -0.4 is 0 Å². The van der Waals surface area contributed by atoms with Crippen LogP contribution in [0.15, 0.2) is 30.5 Å². The summed E-state index contributed by atoms with van der Waals surface area (Å²) in [5, 5.41) is 4.36. The van der Waals surface area contributed by atoms with Crippen molar-refractivity contribution in [3.05, 3.63) is 52.8 Å². The van der Waals surface area contributed by atoms with E-state index in [0.717, 1.165) is 43.5 Å². The van der Waals surface area contributed by atoms with E-state index in [4.69, 9.17) is 0 Å². The summed E-state index contributed by atoms with van der Waals surface area (Å²) in [6, 6.07) is 9.71. The number of nitrogens with zero attached hydrogens (tertiary/aromatic N) is 3. The highest BCUT2D eigenvalue weighted by Gasteiger charge is 2.44. The third-order valence-corrected chi connectivity index (χ3v) is 6.15. The second kappa shape index (κ2) is 6.32. The van der Waals surface area contributed by atoms with Gasteiger partial charge in [0.05, 0.1) is 11.8 Å². The molecular weight excluding hydrogens is 310 g/mol. The number of carbonyl (C=O) groups excluding carboxylic acids is 1. The first-order valence-electron chi connectivity index (χ1n) is 9.50. The van der Waals surface area contributed by atoms with Crippen molar-refractivity contribution in [2.45, 2.75) is 71.0 Å². The minimum atomic E-state index is 0.187. The second-order valence-corrected chi connectivity index (χ2v) is 7.64. The Hall–Kier alpha value is -2.10. The zero-order chi connectivity index (χ0) is 17.6. The first-order valence-corrected chi connectivity index (χ1v) is 9.50. The van der Waals surface area contributed by atoms with E-state index in [1.807, 2.05) is 11.6 Å².